The van der Waals surface area contributed by atoms with Gasteiger partial charge in [0.2, 0.25) is 0 Å². The van der Waals surface area contributed by atoms with Crippen LogP contribution in [-0.2, 0) is 9.47 Å². The molecule has 160 valence electrons. The van der Waals surface area contributed by atoms with Crippen molar-refractivity contribution >= 4 is 28.8 Å². The fourth-order valence-electron chi connectivity index (χ4n) is 3.21. The predicted octanol–water partition coefficient (Wildman–Crippen LogP) is 2.82. The van der Waals surface area contributed by atoms with Gasteiger partial charge in [0.15, 0.2) is 5.78 Å². The lowest BCUT2D eigenvalue weighted by molar-refractivity contribution is -0.393. The fraction of sp³-hybridized carbons (Fsp3) is 0.222. The van der Waals surface area contributed by atoms with Crippen LogP contribution in [0.2, 0.25) is 0 Å². The van der Waals surface area contributed by atoms with E-state index < -0.39 is 54.7 Å². The highest BCUT2D eigenvalue weighted by Crippen LogP contribution is 2.47. The fourth-order valence-corrected chi connectivity index (χ4v) is 3.21. The van der Waals surface area contributed by atoms with Gasteiger partial charge < -0.3 is 9.47 Å². The number of carbonyl (C=O) groups is 2. The van der Waals surface area contributed by atoms with Crippen LogP contribution in [0.3, 0.4) is 0 Å². The number of rotatable bonds is 8. The Morgan fingerprint density at radius 2 is 1.45 bits per heavy atom. The summed E-state index contributed by atoms with van der Waals surface area (Å²) in [5.41, 5.74) is -3.88. The molecule has 13 nitrogen and oxygen atoms in total. The number of hydrogen-bond donors (Lipinski definition) is 0. The van der Waals surface area contributed by atoms with E-state index in [1.54, 1.807) is 6.92 Å². The van der Waals surface area contributed by atoms with Gasteiger partial charge in [0.25, 0.3) is 17.1 Å². The number of fused-ring (bicyclic) bond motifs is 3. The van der Waals surface area contributed by atoms with Crippen molar-refractivity contribution in [3.8, 4) is 11.1 Å². The molecule has 0 atom stereocenters. The molecule has 2 aromatic carbocycles. The molecule has 1 aliphatic carbocycles. The van der Waals surface area contributed by atoms with E-state index >= 15 is 0 Å². The molecule has 0 amide bonds. The van der Waals surface area contributed by atoms with Crippen LogP contribution >= 0.6 is 0 Å². The zero-order chi connectivity index (χ0) is 22.9. The lowest BCUT2D eigenvalue weighted by Gasteiger charge is -2.10. The first-order valence-corrected chi connectivity index (χ1v) is 8.76. The van der Waals surface area contributed by atoms with Crippen molar-refractivity contribution < 1.29 is 33.8 Å². The maximum Gasteiger partial charge on any atom is 0.339 e. The first-order chi connectivity index (χ1) is 14.7. The van der Waals surface area contributed by atoms with Crippen LogP contribution in [0.15, 0.2) is 24.3 Å². The Morgan fingerprint density at radius 1 is 0.871 bits per heavy atom. The van der Waals surface area contributed by atoms with E-state index in [0.29, 0.717) is 12.7 Å². The summed E-state index contributed by atoms with van der Waals surface area (Å²) < 4.78 is 10.1. The van der Waals surface area contributed by atoms with Crippen LogP contribution in [0.4, 0.5) is 17.1 Å². The second-order valence-electron chi connectivity index (χ2n) is 6.24. The van der Waals surface area contributed by atoms with E-state index in [1.807, 2.05) is 0 Å². The Morgan fingerprint density at radius 3 is 2.00 bits per heavy atom. The Kier molecular flexibility index (Phi) is 5.70. The topological polar surface area (TPSA) is 182 Å². The zero-order valence-corrected chi connectivity index (χ0v) is 15.9. The quantitative estimate of drug-likeness (QED) is 0.222. The number of ether oxygens (including phenoxy) is 2. The summed E-state index contributed by atoms with van der Waals surface area (Å²) in [5, 5.41) is 34.0. The minimum absolute atomic E-state index is 0.0429. The summed E-state index contributed by atoms with van der Waals surface area (Å²) in [6.45, 7) is 1.92. The van der Waals surface area contributed by atoms with Crippen molar-refractivity contribution in [1.29, 1.82) is 0 Å². The summed E-state index contributed by atoms with van der Waals surface area (Å²) >= 11 is 0. The Bertz CT molecular complexity index is 1160. The van der Waals surface area contributed by atoms with Crippen molar-refractivity contribution in [2.45, 2.75) is 6.92 Å². The molecule has 0 N–H and O–H groups in total. The van der Waals surface area contributed by atoms with Gasteiger partial charge in [-0.05, 0) is 6.92 Å². The number of benzene rings is 2. The van der Waals surface area contributed by atoms with E-state index in [4.69, 9.17) is 9.47 Å². The maximum atomic E-state index is 12.8. The number of non-ortho nitro benzene ring substituents is 2. The third kappa shape index (κ3) is 3.81. The first-order valence-electron chi connectivity index (χ1n) is 8.76. The van der Waals surface area contributed by atoms with E-state index in [0.717, 1.165) is 18.2 Å². The molecule has 31 heavy (non-hydrogen) atoms. The average molecular weight is 431 g/mol. The van der Waals surface area contributed by atoms with Gasteiger partial charge in [-0.1, -0.05) is 0 Å². The lowest BCUT2D eigenvalue weighted by Crippen LogP contribution is -2.13. The molecule has 0 heterocycles. The van der Waals surface area contributed by atoms with Crippen molar-refractivity contribution in [3.05, 3.63) is 71.3 Å². The molecule has 0 unspecified atom stereocenters. The van der Waals surface area contributed by atoms with Crippen LogP contribution in [0.25, 0.3) is 11.1 Å². The summed E-state index contributed by atoms with van der Waals surface area (Å²) in [5.74, 6) is -1.98. The van der Waals surface area contributed by atoms with Gasteiger partial charge in [-0.3, -0.25) is 35.1 Å². The molecule has 3 rings (SSSR count). The van der Waals surface area contributed by atoms with Crippen molar-refractivity contribution in [1.82, 2.24) is 0 Å². The van der Waals surface area contributed by atoms with E-state index in [9.17, 15) is 39.9 Å². The summed E-state index contributed by atoms with van der Waals surface area (Å²) in [4.78, 5) is 56.8. The molecule has 2 aromatic rings. The van der Waals surface area contributed by atoms with Crippen LogP contribution in [0.1, 0.15) is 33.2 Å². The minimum Gasteiger partial charge on any atom is -0.460 e. The Balaban J connectivity index is 2.25. The van der Waals surface area contributed by atoms with E-state index in [-0.39, 0.29) is 29.9 Å². The predicted molar refractivity (Wildman–Crippen MR) is 102 cm³/mol. The number of hydrogen-bond acceptors (Lipinski definition) is 10. The standard InChI is InChI=1S/C18H13N3O10/c1-2-30-3-4-31-18(23)13-7-9(19(24)25)5-11-15(13)16-12(17(11)22)6-10(20(26)27)8-14(16)21(28)29/h5-8H,2-4H2,1H3. The number of nitrogens with zero attached hydrogens (tertiary/aromatic N) is 3. The average Bonchev–Trinajstić information content (AvgIpc) is 3.01. The lowest BCUT2D eigenvalue weighted by atomic mass is 9.97. The van der Waals surface area contributed by atoms with Gasteiger partial charge in [-0.2, -0.15) is 0 Å². The minimum atomic E-state index is -1.06. The molecule has 13 heteroatoms. The van der Waals surface area contributed by atoms with E-state index in [2.05, 4.69) is 0 Å². The third-order valence-corrected chi connectivity index (χ3v) is 4.47. The number of nitro benzene ring substituents is 3. The van der Waals surface area contributed by atoms with Crippen LogP contribution in [-0.4, -0.2) is 46.3 Å². The summed E-state index contributed by atoms with van der Waals surface area (Å²) in [6.07, 6.45) is 0. The molecule has 0 aromatic heterocycles. The van der Waals surface area contributed by atoms with Gasteiger partial charge in [-0.25, -0.2) is 4.79 Å². The Labute approximate surface area is 172 Å². The molecule has 0 radical (unpaired) electrons. The monoisotopic (exact) mass is 431 g/mol. The van der Waals surface area contributed by atoms with Gasteiger partial charge in [0.1, 0.15) is 6.61 Å². The van der Waals surface area contributed by atoms with E-state index in [1.165, 1.54) is 0 Å². The first kappa shape index (κ1) is 21.4. The van der Waals surface area contributed by atoms with Gasteiger partial charge >= 0.3 is 5.97 Å². The summed E-state index contributed by atoms with van der Waals surface area (Å²) in [7, 11) is 0. The van der Waals surface area contributed by atoms with Crippen molar-refractivity contribution in [3.63, 3.8) is 0 Å². The van der Waals surface area contributed by atoms with Gasteiger partial charge in [0, 0.05) is 41.5 Å². The zero-order valence-electron chi connectivity index (χ0n) is 15.9. The maximum absolute atomic E-state index is 12.8. The van der Waals surface area contributed by atoms with Gasteiger partial charge in [-0.15, -0.1) is 0 Å². The molecule has 0 aliphatic heterocycles. The third-order valence-electron chi connectivity index (χ3n) is 4.47. The largest absolute Gasteiger partial charge is 0.460 e. The Hall–Kier alpha value is -4.26. The molecule has 0 saturated heterocycles. The SMILES string of the molecule is CCOCCOC(=O)c1cc([N+](=O)[O-])cc2c1-c1c(cc([N+](=O)[O-])cc1[N+](=O)[O-])C2=O. The number of nitro groups is 3. The molecule has 1 aliphatic rings. The van der Waals surface area contributed by atoms with Crippen LogP contribution < -0.4 is 0 Å². The number of esters is 1. The summed E-state index contributed by atoms with van der Waals surface area (Å²) in [6, 6.07) is 3.20. The second kappa shape index (κ2) is 8.23. The molecule has 0 spiro atoms. The van der Waals surface area contributed by atoms with Crippen molar-refractivity contribution in [2.24, 2.45) is 0 Å². The van der Waals surface area contributed by atoms with Crippen molar-refractivity contribution in [2.75, 3.05) is 19.8 Å². The smallest absolute Gasteiger partial charge is 0.339 e. The second-order valence-corrected chi connectivity index (χ2v) is 6.24. The molecular formula is C18H13N3O10. The highest BCUT2D eigenvalue weighted by atomic mass is 16.6. The highest BCUT2D eigenvalue weighted by molar-refractivity contribution is 6.26. The van der Waals surface area contributed by atoms with Crippen LogP contribution in [0, 0.1) is 30.3 Å². The van der Waals surface area contributed by atoms with Gasteiger partial charge in [0.05, 0.1) is 38.6 Å². The number of ketones is 1. The number of carbonyl (C=O) groups excluding carboxylic acids is 2. The molecule has 0 saturated carbocycles. The molecule has 0 fully saturated rings. The highest BCUT2D eigenvalue weighted by Gasteiger charge is 2.40. The molecular weight excluding hydrogens is 418 g/mol. The normalized spacial score (nSPS) is 11.6. The van der Waals surface area contributed by atoms with Crippen LogP contribution in [0.5, 0.6) is 0 Å². The molecule has 0 bridgehead atoms.